The molecule has 11 aromatic carbocycles. The molecule has 0 saturated heterocycles. The molecule has 17 rings (SSSR count). The van der Waals surface area contributed by atoms with Gasteiger partial charge in [0.15, 0.2) is 0 Å². The lowest BCUT2D eigenvalue weighted by Crippen LogP contribution is -2.09. The van der Waals surface area contributed by atoms with Crippen LogP contribution < -0.4 is 9.80 Å². The van der Waals surface area contributed by atoms with Crippen LogP contribution in [-0.2, 0) is 0 Å². The minimum Gasteiger partial charge on any atom is -0.456 e. The second-order valence-electron chi connectivity index (χ2n) is 19.3. The number of hydrogen-bond donors (Lipinski definition) is 0. The van der Waals surface area contributed by atoms with Crippen molar-refractivity contribution >= 4 is 154 Å². The number of fused-ring (bicyclic) bond motifs is 18. The molecular weight excluding hydrogens is 881 g/mol. The molecule has 0 fully saturated rings. The van der Waals surface area contributed by atoms with E-state index in [1.807, 2.05) is 24.3 Å². The quantitative estimate of drug-likeness (QED) is 0.167. The number of hydrogen-bond acceptors (Lipinski definition) is 4. The second kappa shape index (κ2) is 13.9. The van der Waals surface area contributed by atoms with Gasteiger partial charge in [0.1, 0.15) is 22.3 Å². The summed E-state index contributed by atoms with van der Waals surface area (Å²) >= 11 is 0. The Bertz CT molecular complexity index is 4740. The largest absolute Gasteiger partial charge is 0.456 e. The number of rotatable bonds is 6. The van der Waals surface area contributed by atoms with E-state index in [1.165, 1.54) is 76.2 Å². The van der Waals surface area contributed by atoms with Gasteiger partial charge in [0.25, 0.3) is 0 Å². The summed E-state index contributed by atoms with van der Waals surface area (Å²) in [5.41, 5.74) is 17.4. The maximum atomic E-state index is 6.26. The summed E-state index contributed by atoms with van der Waals surface area (Å²) in [6, 6.07) is 83.5. The minimum absolute atomic E-state index is 0.887. The van der Waals surface area contributed by atoms with Gasteiger partial charge in [-0.15, -0.1) is 0 Å². The van der Waals surface area contributed by atoms with Crippen LogP contribution in [0.25, 0.3) is 120 Å². The fourth-order valence-electron chi connectivity index (χ4n) is 12.5. The number of furan rings is 2. The monoisotopic (exact) mass is 918 g/mol. The van der Waals surface area contributed by atoms with Crippen LogP contribution in [0.2, 0.25) is 0 Å². The molecule has 0 saturated carbocycles. The molecule has 6 nitrogen and oxygen atoms in total. The summed E-state index contributed by atoms with van der Waals surface area (Å²) in [7, 11) is 0. The van der Waals surface area contributed by atoms with Crippen molar-refractivity contribution in [2.45, 2.75) is 0 Å². The summed E-state index contributed by atoms with van der Waals surface area (Å²) < 4.78 is 17.5. The summed E-state index contributed by atoms with van der Waals surface area (Å²) in [5.74, 6) is 0. The Labute approximate surface area is 410 Å². The van der Waals surface area contributed by atoms with Crippen molar-refractivity contribution in [2.24, 2.45) is 0 Å². The van der Waals surface area contributed by atoms with E-state index in [0.29, 0.717) is 0 Å². The van der Waals surface area contributed by atoms with Crippen LogP contribution in [0.15, 0.2) is 239 Å². The van der Waals surface area contributed by atoms with Crippen molar-refractivity contribution in [2.75, 3.05) is 9.80 Å². The number of benzene rings is 11. The fraction of sp³-hybridized carbons (Fsp3) is 0. The Morgan fingerprint density at radius 2 is 0.556 bits per heavy atom. The standard InChI is InChI=1S/C66H38N4O2/c1-3-13-39(14-4-1)67(43-27-31-63-55(35-43)45-17-7-9-23-61(45)71-63)41-25-29-57-51(33-41)47-19-11-21-49-53-38-60-54(37-59(53)69(57)65(47)49)50-22-12-20-48-52-34-42(26-30-58(52)70(60)66(48)50)68(40-15-5-2-6-16-40)44-28-32-64-56(36-44)46-18-8-10-24-62(46)72-64/h1-38H. The van der Waals surface area contributed by atoms with Gasteiger partial charge in [0.05, 0.1) is 33.1 Å². The lowest BCUT2D eigenvalue weighted by Gasteiger charge is -2.25. The summed E-state index contributed by atoms with van der Waals surface area (Å²) in [4.78, 5) is 4.73. The highest BCUT2D eigenvalue weighted by Crippen LogP contribution is 2.48. The van der Waals surface area contributed by atoms with Gasteiger partial charge in [-0.25, -0.2) is 0 Å². The van der Waals surface area contributed by atoms with Crippen LogP contribution >= 0.6 is 0 Å². The predicted molar refractivity (Wildman–Crippen MR) is 300 cm³/mol. The van der Waals surface area contributed by atoms with E-state index in [4.69, 9.17) is 8.83 Å². The molecule has 0 atom stereocenters. The number of anilines is 6. The molecule has 6 aromatic heterocycles. The predicted octanol–water partition coefficient (Wildman–Crippen LogP) is 18.7. The molecule has 0 unspecified atom stereocenters. The molecule has 6 heterocycles. The maximum absolute atomic E-state index is 6.26. The van der Waals surface area contributed by atoms with Crippen LogP contribution in [0.4, 0.5) is 34.1 Å². The number of nitrogens with zero attached hydrogens (tertiary/aromatic N) is 4. The summed E-state index contributed by atoms with van der Waals surface area (Å²) in [5, 5.41) is 14.4. The Hall–Kier alpha value is -9.78. The highest BCUT2D eigenvalue weighted by atomic mass is 16.3. The molecule has 0 amide bonds. The minimum atomic E-state index is 0.887. The van der Waals surface area contributed by atoms with E-state index in [-0.39, 0.29) is 0 Å². The van der Waals surface area contributed by atoms with Crippen molar-refractivity contribution in [3.63, 3.8) is 0 Å². The van der Waals surface area contributed by atoms with Crippen LogP contribution in [0.1, 0.15) is 0 Å². The van der Waals surface area contributed by atoms with Crippen molar-refractivity contribution in [1.82, 2.24) is 8.80 Å². The molecule has 72 heavy (non-hydrogen) atoms. The molecule has 17 aromatic rings. The van der Waals surface area contributed by atoms with Crippen molar-refractivity contribution in [3.05, 3.63) is 231 Å². The first-order valence-corrected chi connectivity index (χ1v) is 24.6. The average Bonchev–Trinajstić information content (AvgIpc) is 4.28. The van der Waals surface area contributed by atoms with E-state index in [1.54, 1.807) is 0 Å². The zero-order valence-electron chi connectivity index (χ0n) is 38.5. The third-order valence-electron chi connectivity index (χ3n) is 15.5. The summed E-state index contributed by atoms with van der Waals surface area (Å²) in [6.45, 7) is 0. The van der Waals surface area contributed by atoms with Crippen LogP contribution in [-0.4, -0.2) is 8.80 Å². The smallest absolute Gasteiger partial charge is 0.135 e. The van der Waals surface area contributed by atoms with Gasteiger partial charge in [-0.3, -0.25) is 0 Å². The topological polar surface area (TPSA) is 41.6 Å². The Morgan fingerprint density at radius 1 is 0.222 bits per heavy atom. The molecule has 0 radical (unpaired) electrons. The SMILES string of the molecule is c1ccc(N(c2ccc3oc4ccccc4c3c2)c2ccc3c(c2)c2cccc4c5cc6c(cc5n3c24)c2cccc3c4cc(N(c5ccccc5)c5ccc7oc8ccccc8c7c5)ccc4n6c32)cc1. The fourth-order valence-corrected chi connectivity index (χ4v) is 12.5. The van der Waals surface area contributed by atoms with E-state index in [0.717, 1.165) is 78.0 Å². The van der Waals surface area contributed by atoms with Gasteiger partial charge < -0.3 is 27.4 Å². The van der Waals surface area contributed by atoms with Gasteiger partial charge in [-0.2, -0.15) is 0 Å². The lowest BCUT2D eigenvalue weighted by molar-refractivity contribution is 0.668. The highest BCUT2D eigenvalue weighted by Gasteiger charge is 2.25. The van der Waals surface area contributed by atoms with Crippen molar-refractivity contribution in [3.8, 4) is 0 Å². The van der Waals surface area contributed by atoms with E-state index in [2.05, 4.69) is 225 Å². The zero-order chi connectivity index (χ0) is 46.8. The van der Waals surface area contributed by atoms with Crippen molar-refractivity contribution < 1.29 is 8.83 Å². The van der Waals surface area contributed by atoms with Crippen LogP contribution in [0.5, 0.6) is 0 Å². The van der Waals surface area contributed by atoms with E-state index >= 15 is 0 Å². The molecule has 0 bridgehead atoms. The lowest BCUT2D eigenvalue weighted by atomic mass is 10.0. The number of aromatic nitrogens is 2. The normalized spacial score (nSPS) is 12.4. The second-order valence-corrected chi connectivity index (χ2v) is 19.3. The number of para-hydroxylation sites is 6. The molecule has 0 aliphatic heterocycles. The highest BCUT2D eigenvalue weighted by molar-refractivity contribution is 6.29. The molecule has 334 valence electrons. The van der Waals surface area contributed by atoms with Gasteiger partial charge in [-0.1, -0.05) is 109 Å². The molecule has 0 spiro atoms. The third kappa shape index (κ3) is 5.06. The third-order valence-corrected chi connectivity index (χ3v) is 15.5. The zero-order valence-corrected chi connectivity index (χ0v) is 38.5. The molecule has 6 heteroatoms. The Balaban J connectivity index is 0.846. The van der Waals surface area contributed by atoms with Gasteiger partial charge in [-0.05, 0) is 121 Å². The first-order chi connectivity index (χ1) is 35.7. The Morgan fingerprint density at radius 3 is 0.986 bits per heavy atom. The van der Waals surface area contributed by atoms with Crippen LogP contribution in [0, 0.1) is 0 Å². The van der Waals surface area contributed by atoms with E-state index < -0.39 is 0 Å². The van der Waals surface area contributed by atoms with Gasteiger partial charge >= 0.3 is 0 Å². The maximum Gasteiger partial charge on any atom is 0.135 e. The molecule has 0 N–H and O–H groups in total. The van der Waals surface area contributed by atoms with E-state index in [9.17, 15) is 0 Å². The molecule has 0 aliphatic rings. The first kappa shape index (κ1) is 38.1. The van der Waals surface area contributed by atoms with Crippen LogP contribution in [0.3, 0.4) is 0 Å². The van der Waals surface area contributed by atoms with Gasteiger partial charge in [0.2, 0.25) is 0 Å². The molecular formula is C66H38N4O2. The Kier molecular flexibility index (Phi) is 7.38. The van der Waals surface area contributed by atoms with Crippen molar-refractivity contribution in [1.29, 1.82) is 0 Å². The summed E-state index contributed by atoms with van der Waals surface area (Å²) in [6.07, 6.45) is 0. The average molecular weight is 919 g/mol. The first-order valence-electron chi connectivity index (χ1n) is 24.6. The molecule has 0 aliphatic carbocycles. The van der Waals surface area contributed by atoms with Gasteiger partial charge in [0, 0.05) is 98.8 Å².